The van der Waals surface area contributed by atoms with Gasteiger partial charge in [-0.2, -0.15) is 0 Å². The molecule has 0 bridgehead atoms. The second-order valence-electron chi connectivity index (χ2n) is 8.37. The van der Waals surface area contributed by atoms with Crippen LogP contribution in [-0.4, -0.2) is 45.2 Å². The molecule has 32 heavy (non-hydrogen) atoms. The van der Waals surface area contributed by atoms with E-state index in [4.69, 9.17) is 28.9 Å². The van der Waals surface area contributed by atoms with Crippen molar-refractivity contribution < 1.29 is 4.79 Å². The zero-order valence-corrected chi connectivity index (χ0v) is 20.5. The molecule has 174 valence electrons. The van der Waals surface area contributed by atoms with Crippen LogP contribution in [0.5, 0.6) is 0 Å². The van der Waals surface area contributed by atoms with E-state index in [0.717, 1.165) is 67.7 Å². The molecule has 1 unspecified atom stereocenters. The first-order chi connectivity index (χ1) is 15.5. The summed E-state index contributed by atoms with van der Waals surface area (Å²) in [5.41, 5.74) is 9.78. The SMILES string of the molecule is CCC(Cc1c(C(=O)NC)cccc1N1CCC(NCCN)CC1)c1ccc(Cl)c(Cl)c1. The maximum atomic E-state index is 12.8. The smallest absolute Gasteiger partial charge is 0.251 e. The van der Waals surface area contributed by atoms with Gasteiger partial charge in [0, 0.05) is 50.5 Å². The molecular formula is C25H34Cl2N4O. The van der Waals surface area contributed by atoms with Crippen molar-refractivity contribution in [3.05, 3.63) is 63.1 Å². The molecule has 0 saturated carbocycles. The van der Waals surface area contributed by atoms with E-state index in [1.807, 2.05) is 30.3 Å². The van der Waals surface area contributed by atoms with E-state index in [9.17, 15) is 4.79 Å². The van der Waals surface area contributed by atoms with Crippen LogP contribution in [0.25, 0.3) is 0 Å². The molecule has 1 fully saturated rings. The zero-order valence-electron chi connectivity index (χ0n) is 19.0. The van der Waals surface area contributed by atoms with E-state index < -0.39 is 0 Å². The number of amides is 1. The van der Waals surface area contributed by atoms with Crippen molar-refractivity contribution in [2.75, 3.05) is 38.1 Å². The number of benzene rings is 2. The van der Waals surface area contributed by atoms with Crippen LogP contribution >= 0.6 is 23.2 Å². The van der Waals surface area contributed by atoms with Gasteiger partial charge >= 0.3 is 0 Å². The average molecular weight is 477 g/mol. The average Bonchev–Trinajstić information content (AvgIpc) is 2.82. The van der Waals surface area contributed by atoms with Crippen LogP contribution in [0.15, 0.2) is 36.4 Å². The minimum absolute atomic E-state index is 0.0506. The Kier molecular flexibility index (Phi) is 9.23. The molecule has 0 radical (unpaired) electrons. The van der Waals surface area contributed by atoms with E-state index >= 15 is 0 Å². The normalized spacial score (nSPS) is 15.6. The number of halogens is 2. The van der Waals surface area contributed by atoms with Crippen LogP contribution in [-0.2, 0) is 6.42 Å². The Balaban J connectivity index is 1.90. The molecule has 0 spiro atoms. The summed E-state index contributed by atoms with van der Waals surface area (Å²) in [5, 5.41) is 7.46. The second-order valence-corrected chi connectivity index (χ2v) is 9.18. The minimum atomic E-state index is -0.0506. The highest BCUT2D eigenvalue weighted by Gasteiger charge is 2.25. The lowest BCUT2D eigenvalue weighted by Crippen LogP contribution is -2.44. The molecule has 4 N–H and O–H groups in total. The van der Waals surface area contributed by atoms with Crippen molar-refractivity contribution in [2.24, 2.45) is 5.73 Å². The van der Waals surface area contributed by atoms with Crippen LogP contribution in [0.4, 0.5) is 5.69 Å². The largest absolute Gasteiger partial charge is 0.371 e. The van der Waals surface area contributed by atoms with Gasteiger partial charge in [-0.15, -0.1) is 0 Å². The third-order valence-corrected chi connectivity index (χ3v) is 7.13. The van der Waals surface area contributed by atoms with Crippen molar-refractivity contribution in [1.82, 2.24) is 10.6 Å². The predicted molar refractivity (Wildman–Crippen MR) is 135 cm³/mol. The van der Waals surface area contributed by atoms with Gasteiger partial charge in [-0.25, -0.2) is 0 Å². The van der Waals surface area contributed by atoms with E-state index in [2.05, 4.69) is 28.5 Å². The van der Waals surface area contributed by atoms with E-state index in [1.54, 1.807) is 7.05 Å². The van der Waals surface area contributed by atoms with Crippen molar-refractivity contribution in [1.29, 1.82) is 0 Å². The molecule has 1 aliphatic rings. The van der Waals surface area contributed by atoms with Gasteiger partial charge in [0.1, 0.15) is 0 Å². The standard InChI is InChI=1S/C25H34Cl2N4O/c1-3-17(18-7-8-22(26)23(27)16-18)15-21-20(25(32)29-2)5-4-6-24(21)31-13-9-19(10-14-31)30-12-11-28/h4-8,16-17,19,30H,3,9-15,28H2,1-2H3,(H,29,32). The first-order valence-electron chi connectivity index (χ1n) is 11.5. The maximum absolute atomic E-state index is 12.8. The molecule has 2 aromatic rings. The Labute approximate surface area is 201 Å². The van der Waals surface area contributed by atoms with Crippen LogP contribution in [0.2, 0.25) is 10.0 Å². The number of piperidine rings is 1. The number of hydrogen-bond donors (Lipinski definition) is 3. The molecule has 0 aliphatic carbocycles. The third-order valence-electron chi connectivity index (χ3n) is 6.39. The molecule has 3 rings (SSSR count). The lowest BCUT2D eigenvalue weighted by molar-refractivity contribution is 0.0962. The van der Waals surface area contributed by atoms with Crippen molar-refractivity contribution >= 4 is 34.8 Å². The van der Waals surface area contributed by atoms with Crippen LogP contribution in [0, 0.1) is 0 Å². The number of anilines is 1. The summed E-state index contributed by atoms with van der Waals surface area (Å²) < 4.78 is 0. The fourth-order valence-electron chi connectivity index (χ4n) is 4.56. The van der Waals surface area contributed by atoms with Gasteiger partial charge < -0.3 is 21.3 Å². The first-order valence-corrected chi connectivity index (χ1v) is 12.2. The van der Waals surface area contributed by atoms with Crippen LogP contribution in [0.1, 0.15) is 53.6 Å². The van der Waals surface area contributed by atoms with E-state index in [-0.39, 0.29) is 11.8 Å². The highest BCUT2D eigenvalue weighted by atomic mass is 35.5. The predicted octanol–water partition coefficient (Wildman–Crippen LogP) is 4.61. The maximum Gasteiger partial charge on any atom is 0.251 e. The van der Waals surface area contributed by atoms with Gasteiger partial charge in [-0.1, -0.05) is 42.3 Å². The number of carbonyl (C=O) groups is 1. The number of hydrogen-bond acceptors (Lipinski definition) is 4. The molecule has 1 heterocycles. The van der Waals surface area contributed by atoms with Crippen molar-refractivity contribution in [2.45, 2.75) is 44.6 Å². The Morgan fingerprint density at radius 2 is 1.94 bits per heavy atom. The minimum Gasteiger partial charge on any atom is -0.371 e. The van der Waals surface area contributed by atoms with Gasteiger partial charge in [0.15, 0.2) is 0 Å². The van der Waals surface area contributed by atoms with Crippen molar-refractivity contribution in [3.8, 4) is 0 Å². The Hall–Kier alpha value is -1.79. The van der Waals surface area contributed by atoms with Crippen LogP contribution in [0.3, 0.4) is 0 Å². The summed E-state index contributed by atoms with van der Waals surface area (Å²) in [6.45, 7) is 5.59. The lowest BCUT2D eigenvalue weighted by atomic mass is 9.86. The molecule has 1 saturated heterocycles. The molecule has 1 amide bonds. The van der Waals surface area contributed by atoms with Gasteiger partial charge in [0.2, 0.25) is 0 Å². The molecule has 7 heteroatoms. The Bertz CT molecular complexity index is 913. The Morgan fingerprint density at radius 3 is 2.56 bits per heavy atom. The summed E-state index contributed by atoms with van der Waals surface area (Å²) in [7, 11) is 1.68. The zero-order chi connectivity index (χ0) is 23.1. The van der Waals surface area contributed by atoms with Gasteiger partial charge in [-0.05, 0) is 67.0 Å². The number of nitrogens with one attached hydrogen (secondary N) is 2. The summed E-state index contributed by atoms with van der Waals surface area (Å²) in [6, 6.07) is 12.4. The Morgan fingerprint density at radius 1 is 1.19 bits per heavy atom. The topological polar surface area (TPSA) is 70.4 Å². The van der Waals surface area contributed by atoms with E-state index in [1.165, 1.54) is 0 Å². The van der Waals surface area contributed by atoms with Crippen molar-refractivity contribution in [3.63, 3.8) is 0 Å². The number of nitrogens with zero attached hydrogens (tertiary/aromatic N) is 1. The summed E-state index contributed by atoms with van der Waals surface area (Å²) in [5.74, 6) is 0.184. The molecule has 1 aliphatic heterocycles. The quantitative estimate of drug-likeness (QED) is 0.494. The number of carbonyl (C=O) groups excluding carboxylic acids is 1. The number of rotatable bonds is 9. The molecule has 2 aromatic carbocycles. The molecule has 5 nitrogen and oxygen atoms in total. The summed E-state index contributed by atoms with van der Waals surface area (Å²) in [6.07, 6.45) is 3.82. The highest BCUT2D eigenvalue weighted by molar-refractivity contribution is 6.42. The second kappa shape index (κ2) is 11.9. The third kappa shape index (κ3) is 5.96. The van der Waals surface area contributed by atoms with Crippen LogP contribution < -0.4 is 21.3 Å². The van der Waals surface area contributed by atoms with Gasteiger partial charge in [0.25, 0.3) is 5.91 Å². The molecular weight excluding hydrogens is 443 g/mol. The summed E-state index contributed by atoms with van der Waals surface area (Å²) in [4.78, 5) is 15.2. The first kappa shape index (κ1) is 24.8. The molecule has 1 atom stereocenters. The highest BCUT2D eigenvalue weighted by Crippen LogP contribution is 2.35. The monoisotopic (exact) mass is 476 g/mol. The molecule has 0 aromatic heterocycles. The lowest BCUT2D eigenvalue weighted by Gasteiger charge is -2.36. The fraction of sp³-hybridized carbons (Fsp3) is 0.480. The fourth-order valence-corrected chi connectivity index (χ4v) is 4.86. The van der Waals surface area contributed by atoms with E-state index in [0.29, 0.717) is 22.6 Å². The van der Waals surface area contributed by atoms with Gasteiger partial charge in [-0.3, -0.25) is 4.79 Å². The summed E-state index contributed by atoms with van der Waals surface area (Å²) >= 11 is 12.4. The van der Waals surface area contributed by atoms with Gasteiger partial charge in [0.05, 0.1) is 10.0 Å². The number of nitrogens with two attached hydrogens (primary N) is 1.